The van der Waals surface area contributed by atoms with Crippen molar-refractivity contribution in [2.24, 2.45) is 0 Å². The molecular weight excluding hydrogens is 437 g/mol. The van der Waals surface area contributed by atoms with E-state index in [0.29, 0.717) is 42.3 Å². The van der Waals surface area contributed by atoms with Crippen molar-refractivity contribution in [3.8, 4) is 11.5 Å². The van der Waals surface area contributed by atoms with E-state index in [0.717, 1.165) is 29.6 Å². The summed E-state index contributed by atoms with van der Waals surface area (Å²) in [4.78, 5) is 22.0. The number of aromatic nitrogens is 1. The maximum Gasteiger partial charge on any atom is 0.254 e. The number of carbonyl (C=O) groups excluding carboxylic acids is 1. The average molecular weight is 468 g/mol. The zero-order valence-electron chi connectivity index (χ0n) is 20.0. The van der Waals surface area contributed by atoms with E-state index in [4.69, 9.17) is 19.2 Å². The lowest BCUT2D eigenvalue weighted by atomic mass is 10.1. The maximum absolute atomic E-state index is 13.5. The molecule has 0 radical (unpaired) electrons. The van der Waals surface area contributed by atoms with Gasteiger partial charge >= 0.3 is 0 Å². The number of pyridine rings is 1. The quantitative estimate of drug-likeness (QED) is 0.493. The number of nitrogens with zero attached hydrogens (tertiary/aromatic N) is 3. The third-order valence-corrected chi connectivity index (χ3v) is 6.01. The summed E-state index contributed by atoms with van der Waals surface area (Å²) in [5, 5.41) is 0.800. The smallest absolute Gasteiger partial charge is 0.254 e. The first kappa shape index (κ1) is 23.8. The van der Waals surface area contributed by atoms with Gasteiger partial charge in [0.2, 0.25) is 0 Å². The molecule has 2 aromatic carbocycles. The van der Waals surface area contributed by atoms with Gasteiger partial charge in [-0.15, -0.1) is 0 Å². The molecule has 0 aliphatic carbocycles. The van der Waals surface area contributed by atoms with Crippen LogP contribution in [-0.2, 0) is 11.3 Å². The summed E-state index contributed by atoms with van der Waals surface area (Å²) in [7, 11) is 7.05. The highest BCUT2D eigenvalue weighted by Crippen LogP contribution is 2.35. The van der Waals surface area contributed by atoms with Gasteiger partial charge in [0.05, 0.1) is 20.3 Å². The molecule has 3 aromatic rings. The second-order valence-corrected chi connectivity index (χ2v) is 8.56. The molecular formula is C26H30FN3O4. The topological polar surface area (TPSA) is 64.1 Å². The molecule has 0 spiro atoms. The number of carbonyl (C=O) groups is 1. The molecule has 2 heterocycles. The lowest BCUT2D eigenvalue weighted by molar-refractivity contribution is 0.0507. The minimum absolute atomic E-state index is 0.0322. The molecule has 1 amide bonds. The van der Waals surface area contributed by atoms with Crippen LogP contribution in [0.3, 0.4) is 0 Å². The van der Waals surface area contributed by atoms with Crippen molar-refractivity contribution in [1.82, 2.24) is 9.88 Å². The van der Waals surface area contributed by atoms with Crippen LogP contribution in [0.5, 0.6) is 11.5 Å². The summed E-state index contributed by atoms with van der Waals surface area (Å²) in [5.41, 5.74) is 1.97. The highest BCUT2D eigenvalue weighted by Gasteiger charge is 2.26. The number of benzene rings is 2. The van der Waals surface area contributed by atoms with Crippen molar-refractivity contribution in [2.75, 3.05) is 46.4 Å². The summed E-state index contributed by atoms with van der Waals surface area (Å²) >= 11 is 0. The van der Waals surface area contributed by atoms with E-state index in [1.54, 1.807) is 19.1 Å². The van der Waals surface area contributed by atoms with Crippen molar-refractivity contribution in [3.63, 3.8) is 0 Å². The fourth-order valence-electron chi connectivity index (χ4n) is 4.32. The van der Waals surface area contributed by atoms with Gasteiger partial charge in [-0.25, -0.2) is 9.37 Å². The lowest BCUT2D eigenvalue weighted by Gasteiger charge is -2.28. The van der Waals surface area contributed by atoms with Crippen LogP contribution >= 0.6 is 0 Å². The fraction of sp³-hybridized carbons (Fsp3) is 0.385. The van der Waals surface area contributed by atoms with Gasteiger partial charge in [0.15, 0.2) is 0 Å². The predicted octanol–water partition coefficient (Wildman–Crippen LogP) is 4.28. The van der Waals surface area contributed by atoms with Crippen LogP contribution in [0.25, 0.3) is 10.9 Å². The van der Waals surface area contributed by atoms with Gasteiger partial charge in [-0.1, -0.05) is 0 Å². The Kier molecular flexibility index (Phi) is 7.17. The minimum Gasteiger partial charge on any atom is -0.496 e. The Balaban J connectivity index is 1.77. The van der Waals surface area contributed by atoms with Gasteiger partial charge in [0.25, 0.3) is 5.91 Å². The van der Waals surface area contributed by atoms with Crippen molar-refractivity contribution in [3.05, 3.63) is 59.4 Å². The highest BCUT2D eigenvalue weighted by atomic mass is 19.1. The molecule has 34 heavy (non-hydrogen) atoms. The van der Waals surface area contributed by atoms with Crippen LogP contribution in [0.1, 0.15) is 28.8 Å². The van der Waals surface area contributed by atoms with Crippen LogP contribution in [0, 0.1) is 5.82 Å². The van der Waals surface area contributed by atoms with E-state index >= 15 is 0 Å². The maximum atomic E-state index is 13.5. The largest absolute Gasteiger partial charge is 0.496 e. The summed E-state index contributed by atoms with van der Waals surface area (Å²) in [6, 6.07) is 11.3. The van der Waals surface area contributed by atoms with Crippen molar-refractivity contribution in [1.29, 1.82) is 0 Å². The first-order valence-electron chi connectivity index (χ1n) is 11.3. The zero-order chi connectivity index (χ0) is 24.2. The molecule has 1 aliphatic rings. The Morgan fingerprint density at radius 3 is 2.44 bits per heavy atom. The number of hydrogen-bond donors (Lipinski definition) is 0. The van der Waals surface area contributed by atoms with Gasteiger partial charge in [-0.2, -0.15) is 0 Å². The van der Waals surface area contributed by atoms with E-state index in [1.165, 1.54) is 24.3 Å². The van der Waals surface area contributed by atoms with Crippen molar-refractivity contribution in [2.45, 2.75) is 25.5 Å². The van der Waals surface area contributed by atoms with Crippen molar-refractivity contribution < 1.29 is 23.4 Å². The molecule has 0 bridgehead atoms. The van der Waals surface area contributed by atoms with E-state index < -0.39 is 0 Å². The van der Waals surface area contributed by atoms with E-state index in [-0.39, 0.29) is 17.8 Å². The fourth-order valence-corrected chi connectivity index (χ4v) is 4.32. The van der Waals surface area contributed by atoms with Crippen LogP contribution < -0.4 is 14.4 Å². The molecule has 8 heteroatoms. The standard InChI is InChI=1S/C26H30FN3O4/c1-29(2)25-18(14-21-22(32-3)11-12-23(33-4)24(21)28-25)15-30(16-20-6-5-13-34-20)26(31)17-7-9-19(27)10-8-17/h7-12,14,20H,5-6,13,15-16H2,1-4H3. The van der Waals surface area contributed by atoms with Crippen molar-refractivity contribution >= 4 is 22.6 Å². The van der Waals surface area contributed by atoms with Crippen LogP contribution in [0.4, 0.5) is 10.2 Å². The molecule has 0 saturated carbocycles. The Labute approximate surface area is 199 Å². The van der Waals surface area contributed by atoms with E-state index in [2.05, 4.69) is 0 Å². The molecule has 1 saturated heterocycles. The zero-order valence-corrected chi connectivity index (χ0v) is 20.0. The molecule has 1 unspecified atom stereocenters. The second-order valence-electron chi connectivity index (χ2n) is 8.56. The SMILES string of the molecule is COc1ccc(OC)c2nc(N(C)C)c(CN(CC3CCCO3)C(=O)c3ccc(F)cc3)cc12. The van der Waals surface area contributed by atoms with Gasteiger partial charge < -0.3 is 24.0 Å². The molecule has 0 N–H and O–H groups in total. The molecule has 1 fully saturated rings. The monoisotopic (exact) mass is 467 g/mol. The minimum atomic E-state index is -0.378. The third kappa shape index (κ3) is 4.92. The van der Waals surface area contributed by atoms with Crippen LogP contribution in [0.2, 0.25) is 0 Å². The summed E-state index contributed by atoms with van der Waals surface area (Å²) < 4.78 is 30.4. The highest BCUT2D eigenvalue weighted by molar-refractivity contribution is 5.95. The van der Waals surface area contributed by atoms with Crippen LogP contribution in [0.15, 0.2) is 42.5 Å². The molecule has 7 nitrogen and oxygen atoms in total. The average Bonchev–Trinajstić information content (AvgIpc) is 3.35. The summed E-state index contributed by atoms with van der Waals surface area (Å²) in [5.74, 6) is 1.48. The van der Waals surface area contributed by atoms with E-state index in [1.807, 2.05) is 37.2 Å². The van der Waals surface area contributed by atoms with Gasteiger partial charge in [0.1, 0.15) is 28.7 Å². The number of hydrogen-bond acceptors (Lipinski definition) is 6. The Bertz CT molecular complexity index is 1160. The second kappa shape index (κ2) is 10.3. The number of fused-ring (bicyclic) bond motifs is 1. The Morgan fingerprint density at radius 2 is 1.82 bits per heavy atom. The molecule has 180 valence electrons. The lowest BCUT2D eigenvalue weighted by Crippen LogP contribution is -2.37. The molecule has 1 aromatic heterocycles. The predicted molar refractivity (Wildman–Crippen MR) is 129 cm³/mol. The Morgan fingerprint density at radius 1 is 1.12 bits per heavy atom. The summed E-state index contributed by atoms with van der Waals surface area (Å²) in [6.07, 6.45) is 1.84. The van der Waals surface area contributed by atoms with Gasteiger partial charge in [0, 0.05) is 50.3 Å². The van der Waals surface area contributed by atoms with E-state index in [9.17, 15) is 9.18 Å². The normalized spacial score (nSPS) is 15.4. The number of rotatable bonds is 8. The first-order chi connectivity index (χ1) is 16.4. The molecule has 4 rings (SSSR count). The van der Waals surface area contributed by atoms with Crippen LogP contribution in [-0.4, -0.2) is 63.4 Å². The first-order valence-corrected chi connectivity index (χ1v) is 11.3. The summed E-state index contributed by atoms with van der Waals surface area (Å²) in [6.45, 7) is 1.45. The number of methoxy groups -OCH3 is 2. The number of ether oxygens (including phenoxy) is 3. The number of amides is 1. The third-order valence-electron chi connectivity index (χ3n) is 6.01. The Hall–Kier alpha value is -3.39. The number of anilines is 1. The van der Waals surface area contributed by atoms with Gasteiger partial charge in [-0.05, 0) is 55.3 Å². The van der Waals surface area contributed by atoms with Gasteiger partial charge in [-0.3, -0.25) is 4.79 Å². The molecule has 1 atom stereocenters. The molecule has 1 aliphatic heterocycles. The number of halogens is 1.